The monoisotopic (exact) mass is 1250 g/mol. The van der Waals surface area contributed by atoms with E-state index in [9.17, 15) is 30.0 Å². The molecule has 18 nitrogen and oxygen atoms in total. The Morgan fingerprint density at radius 3 is 1.25 bits per heavy atom. The fraction of sp³-hybridized carbons (Fsp3) is 0.237. The Bertz CT molecular complexity index is 4110. The molecule has 9 aromatic rings. The summed E-state index contributed by atoms with van der Waals surface area (Å²) in [7, 11) is -8.48. The van der Waals surface area contributed by atoms with E-state index in [1.165, 1.54) is 5.56 Å². The highest BCUT2D eigenvalue weighted by Gasteiger charge is 2.41. The molecule has 0 aliphatic heterocycles. The Morgan fingerprint density at radius 1 is 0.506 bits per heavy atom. The molecule has 6 aromatic carbocycles. The standard InChI is InChI=1S/C20H22ClN3O3S.C19H21ClN2O2S.C18H19ClN2O2S.2CO2/c1-4-20(19(25)22-2,14-8-10-15(21)11-9-14)24-13-12-16-17(23-28(3,26)27)6-5-7-18(16)24;1-4-19(2,14-8-10-15(20)11-9-14)22-13-12-16-17(21-25(3,23)24)6-5-7-18(16)22;1-3-17(13-7-9-14(19)10-8-13)21-12-11-15-16(20-24(2,22)23)5-4-6-18(15)21;2*2-1-3/h5-13,23H,4H2,1-3H3,(H,22,25);5-13,21H,4H2,1-3H3;4-12,17,20H,3H2,1-2H3;;/t20-;19-;17-;;/m111../s1. The van der Waals surface area contributed by atoms with Crippen LogP contribution in [0.2, 0.25) is 15.1 Å². The first kappa shape index (κ1) is 66.1. The number of benzene rings is 6. The smallest absolute Gasteiger partial charge is 0.357 e. The van der Waals surface area contributed by atoms with Gasteiger partial charge in [0.25, 0.3) is 5.91 Å². The third-order valence-electron chi connectivity index (χ3n) is 13.6. The van der Waals surface area contributed by atoms with Gasteiger partial charge in [-0.2, -0.15) is 19.2 Å². The summed E-state index contributed by atoms with van der Waals surface area (Å²) in [6.07, 6.45) is 12.0. The number of nitrogens with zero attached hydrogens (tertiary/aromatic N) is 3. The van der Waals surface area contributed by atoms with Crippen LogP contribution >= 0.6 is 34.8 Å². The van der Waals surface area contributed by atoms with Gasteiger partial charge in [0, 0.05) is 56.9 Å². The second-order valence-corrected chi connectivity index (χ2v) is 25.6. The Morgan fingerprint density at radius 2 is 0.867 bits per heavy atom. The molecule has 0 spiro atoms. The summed E-state index contributed by atoms with van der Waals surface area (Å²) >= 11 is 18.1. The summed E-state index contributed by atoms with van der Waals surface area (Å²) in [5.74, 6) is -0.170. The number of rotatable bonds is 16. The molecule has 0 radical (unpaired) electrons. The van der Waals surface area contributed by atoms with Crippen LogP contribution in [0.25, 0.3) is 32.7 Å². The van der Waals surface area contributed by atoms with Gasteiger partial charge in [-0.1, -0.05) is 110 Å². The summed E-state index contributed by atoms with van der Waals surface area (Å²) in [5.41, 5.74) is 6.20. The van der Waals surface area contributed by atoms with Gasteiger partial charge in [-0.15, -0.1) is 0 Å². The van der Waals surface area contributed by atoms with Crippen LogP contribution < -0.4 is 19.5 Å². The molecule has 0 saturated carbocycles. The van der Waals surface area contributed by atoms with Crippen molar-refractivity contribution in [3.8, 4) is 0 Å². The van der Waals surface area contributed by atoms with E-state index in [2.05, 4.69) is 49.4 Å². The first-order valence-corrected chi connectivity index (χ1v) is 32.2. The lowest BCUT2D eigenvalue weighted by Crippen LogP contribution is -2.48. The Kier molecular flexibility index (Phi) is 22.7. The van der Waals surface area contributed by atoms with E-state index < -0.39 is 35.6 Å². The normalized spacial score (nSPS) is 13.0. The van der Waals surface area contributed by atoms with E-state index in [0.717, 1.165) is 70.1 Å². The van der Waals surface area contributed by atoms with Gasteiger partial charge < -0.3 is 19.0 Å². The van der Waals surface area contributed by atoms with Gasteiger partial charge in [0.05, 0.1) is 64.0 Å². The highest BCUT2D eigenvalue weighted by atomic mass is 35.5. The number of fused-ring (bicyclic) bond motifs is 3. The molecule has 9 rings (SSSR count). The number of sulfonamides is 3. The van der Waals surface area contributed by atoms with E-state index >= 15 is 0 Å². The van der Waals surface area contributed by atoms with Gasteiger partial charge in [-0.05, 0) is 134 Å². The van der Waals surface area contributed by atoms with Crippen molar-refractivity contribution in [3.05, 3.63) is 196 Å². The number of nitrogens with one attached hydrogen (secondary N) is 4. The first-order chi connectivity index (χ1) is 39.2. The summed E-state index contributed by atoms with van der Waals surface area (Å²) in [4.78, 5) is 45.6. The average molecular weight is 1250 g/mol. The molecule has 438 valence electrons. The van der Waals surface area contributed by atoms with Crippen molar-refractivity contribution >= 4 is 133 Å². The quantitative estimate of drug-likeness (QED) is 0.0708. The van der Waals surface area contributed by atoms with Crippen molar-refractivity contribution < 1.29 is 49.2 Å². The van der Waals surface area contributed by atoms with Crippen LogP contribution in [-0.4, -0.2) is 83.0 Å². The van der Waals surface area contributed by atoms with E-state index in [4.69, 9.17) is 54.0 Å². The fourth-order valence-corrected chi connectivity index (χ4v) is 12.0. The van der Waals surface area contributed by atoms with E-state index in [1.807, 2.05) is 139 Å². The molecule has 0 unspecified atom stereocenters. The Labute approximate surface area is 497 Å². The van der Waals surface area contributed by atoms with Crippen LogP contribution in [0.4, 0.5) is 17.1 Å². The highest BCUT2D eigenvalue weighted by Crippen LogP contribution is 2.39. The molecule has 0 aliphatic carbocycles. The third-order valence-corrected chi connectivity index (χ3v) is 16.2. The summed E-state index contributed by atoms with van der Waals surface area (Å²) in [5, 5.41) is 7.25. The minimum atomic E-state index is -3.43. The largest absolute Gasteiger partial charge is 0.373 e. The average Bonchev–Trinajstić information content (AvgIpc) is 4.23. The van der Waals surface area contributed by atoms with Crippen molar-refractivity contribution in [2.24, 2.45) is 0 Å². The maximum atomic E-state index is 13.1. The minimum Gasteiger partial charge on any atom is -0.357 e. The molecule has 0 bridgehead atoms. The molecule has 0 saturated heterocycles. The predicted octanol–water partition coefficient (Wildman–Crippen LogP) is 11.9. The van der Waals surface area contributed by atoms with Crippen LogP contribution in [-0.2, 0) is 65.1 Å². The van der Waals surface area contributed by atoms with Gasteiger partial charge in [0.15, 0.2) is 0 Å². The van der Waals surface area contributed by atoms with E-state index in [1.54, 1.807) is 43.4 Å². The lowest BCUT2D eigenvalue weighted by atomic mass is 9.85. The zero-order valence-corrected chi connectivity index (χ0v) is 51.2. The van der Waals surface area contributed by atoms with Crippen LogP contribution in [0.1, 0.15) is 69.7 Å². The van der Waals surface area contributed by atoms with Gasteiger partial charge in [-0.3, -0.25) is 19.0 Å². The van der Waals surface area contributed by atoms with Gasteiger partial charge in [0.1, 0.15) is 5.54 Å². The molecular formula is C59H62Cl3N7O11S3. The van der Waals surface area contributed by atoms with Crippen molar-refractivity contribution in [2.75, 3.05) is 40.0 Å². The molecule has 24 heteroatoms. The molecule has 0 fully saturated rings. The maximum absolute atomic E-state index is 13.1. The van der Waals surface area contributed by atoms with E-state index in [-0.39, 0.29) is 29.8 Å². The number of hydrogen-bond acceptors (Lipinski definition) is 11. The summed E-state index contributed by atoms with van der Waals surface area (Å²) in [6, 6.07) is 45.4. The SMILES string of the molecule is CC[C@H](c1ccc(Cl)cc1)n1ccc2c(NS(C)(=O)=O)cccc21.CC[C@](C(=O)NC)(c1ccc(Cl)cc1)n1ccc2c(NS(C)(=O)=O)cccc21.CC[C@](C)(c1ccc(Cl)cc1)n1ccc2c(NS(C)(=O)=O)cccc21.O=C=O.O=C=O. The van der Waals surface area contributed by atoms with Crippen molar-refractivity contribution in [2.45, 2.75) is 64.1 Å². The third kappa shape index (κ3) is 16.3. The fourth-order valence-electron chi connectivity index (χ4n) is 9.87. The van der Waals surface area contributed by atoms with Crippen LogP contribution in [0.15, 0.2) is 164 Å². The van der Waals surface area contributed by atoms with Crippen molar-refractivity contribution in [1.82, 2.24) is 19.0 Å². The zero-order valence-electron chi connectivity index (χ0n) is 46.5. The minimum absolute atomic E-state index is 0.160. The number of hydrogen-bond donors (Lipinski definition) is 4. The number of aromatic nitrogens is 3. The summed E-state index contributed by atoms with van der Waals surface area (Å²) < 4.78 is 83.8. The van der Waals surface area contributed by atoms with Crippen LogP contribution in [0, 0.1) is 0 Å². The predicted molar refractivity (Wildman–Crippen MR) is 328 cm³/mol. The summed E-state index contributed by atoms with van der Waals surface area (Å²) in [6.45, 7) is 8.38. The zero-order chi connectivity index (χ0) is 61.5. The molecule has 0 aliphatic rings. The lowest BCUT2D eigenvalue weighted by molar-refractivity contribution is -0.193. The molecule has 3 aromatic heterocycles. The van der Waals surface area contributed by atoms with Crippen molar-refractivity contribution in [3.63, 3.8) is 0 Å². The number of carbonyl (C=O) groups excluding carboxylic acids is 5. The number of amides is 1. The second-order valence-electron chi connectivity index (χ2n) is 19.0. The number of likely N-dealkylation sites (N-methyl/N-ethyl adjacent to an activating group) is 1. The second kappa shape index (κ2) is 28.5. The van der Waals surface area contributed by atoms with Crippen molar-refractivity contribution in [1.29, 1.82) is 0 Å². The molecule has 3 atom stereocenters. The van der Waals surface area contributed by atoms with Gasteiger partial charge in [0.2, 0.25) is 30.1 Å². The van der Waals surface area contributed by atoms with E-state index in [0.29, 0.717) is 43.9 Å². The Balaban J connectivity index is 0.000000218. The topological polar surface area (TPSA) is 251 Å². The van der Waals surface area contributed by atoms with Crippen LogP contribution in [0.3, 0.4) is 0 Å². The molecule has 3 heterocycles. The molecule has 4 N–H and O–H groups in total. The first-order valence-electron chi connectivity index (χ1n) is 25.4. The molecule has 1 amide bonds. The van der Waals surface area contributed by atoms with Crippen LogP contribution in [0.5, 0.6) is 0 Å². The molecular weight excluding hydrogens is 1190 g/mol. The highest BCUT2D eigenvalue weighted by molar-refractivity contribution is 7.92. The van der Waals surface area contributed by atoms with Gasteiger partial charge >= 0.3 is 12.3 Å². The Hall–Kier alpha value is -7.71. The number of halogens is 3. The van der Waals surface area contributed by atoms with Gasteiger partial charge in [-0.25, -0.2) is 25.3 Å². The maximum Gasteiger partial charge on any atom is 0.373 e. The number of anilines is 3. The molecule has 83 heavy (non-hydrogen) atoms. The lowest BCUT2D eigenvalue weighted by Gasteiger charge is -2.34. The number of carbonyl (C=O) groups is 1.